The van der Waals surface area contributed by atoms with Gasteiger partial charge in [0.2, 0.25) is 0 Å². The fourth-order valence-corrected chi connectivity index (χ4v) is 3.20. The van der Waals surface area contributed by atoms with Gasteiger partial charge in [0, 0.05) is 18.3 Å². The van der Waals surface area contributed by atoms with E-state index >= 15 is 0 Å². The molecule has 1 fully saturated rings. The summed E-state index contributed by atoms with van der Waals surface area (Å²) in [5.74, 6) is 1.57. The van der Waals surface area contributed by atoms with Crippen LogP contribution in [0.2, 0.25) is 0 Å². The van der Waals surface area contributed by atoms with E-state index in [0.29, 0.717) is 17.6 Å². The Morgan fingerprint density at radius 3 is 2.71 bits per heavy atom. The van der Waals surface area contributed by atoms with Crippen molar-refractivity contribution in [2.45, 2.75) is 31.7 Å². The number of halogens is 1. The average Bonchev–Trinajstić information content (AvgIpc) is 3.31. The fourth-order valence-electron chi connectivity index (χ4n) is 3.20. The second-order valence-corrected chi connectivity index (χ2v) is 7.55. The number of hydrogen-bond acceptors (Lipinski definition) is 6. The van der Waals surface area contributed by atoms with E-state index in [1.165, 1.54) is 18.5 Å². The molecule has 0 aliphatic heterocycles. The van der Waals surface area contributed by atoms with E-state index in [2.05, 4.69) is 25.4 Å². The van der Waals surface area contributed by atoms with Gasteiger partial charge < -0.3 is 9.84 Å². The van der Waals surface area contributed by atoms with Gasteiger partial charge in [-0.3, -0.25) is 9.36 Å². The number of aromatic nitrogens is 5. The van der Waals surface area contributed by atoms with E-state index in [-0.39, 0.29) is 23.5 Å². The standard InChI is InChI=1S/C22H19FN6O2/c1-13(14-4-7-17(23)8-5-14)26-21(30)18-11-29(12-25-18)19-9-6-16(10-24-19)22-27-20(28-31-22)15-2-3-15/h4-13,15H,2-3H2,1H3,(H,26,30)/t13-/m0/s1. The van der Waals surface area contributed by atoms with E-state index < -0.39 is 0 Å². The van der Waals surface area contributed by atoms with Crippen LogP contribution in [0.1, 0.15) is 53.6 Å². The summed E-state index contributed by atoms with van der Waals surface area (Å²) in [4.78, 5) is 25.5. The molecule has 1 aliphatic rings. The lowest BCUT2D eigenvalue weighted by molar-refractivity contribution is 0.0935. The molecule has 9 heteroatoms. The highest BCUT2D eigenvalue weighted by atomic mass is 19.1. The van der Waals surface area contributed by atoms with Crippen LogP contribution in [0.3, 0.4) is 0 Å². The van der Waals surface area contributed by atoms with Gasteiger partial charge in [0.15, 0.2) is 5.82 Å². The van der Waals surface area contributed by atoms with E-state index in [1.807, 2.05) is 13.0 Å². The monoisotopic (exact) mass is 418 g/mol. The van der Waals surface area contributed by atoms with Crippen LogP contribution in [-0.2, 0) is 0 Å². The minimum absolute atomic E-state index is 0.255. The quantitative estimate of drug-likeness (QED) is 0.511. The van der Waals surface area contributed by atoms with Crippen molar-refractivity contribution in [3.8, 4) is 17.3 Å². The van der Waals surface area contributed by atoms with Gasteiger partial charge in [0.25, 0.3) is 11.8 Å². The minimum Gasteiger partial charge on any atom is -0.344 e. The molecule has 1 aliphatic carbocycles. The number of amides is 1. The lowest BCUT2D eigenvalue weighted by Gasteiger charge is -2.13. The largest absolute Gasteiger partial charge is 0.344 e. The van der Waals surface area contributed by atoms with Crippen LogP contribution in [0.4, 0.5) is 4.39 Å². The third-order valence-electron chi connectivity index (χ3n) is 5.18. The summed E-state index contributed by atoms with van der Waals surface area (Å²) in [6, 6.07) is 9.35. The van der Waals surface area contributed by atoms with Gasteiger partial charge in [-0.15, -0.1) is 0 Å². The topological polar surface area (TPSA) is 98.7 Å². The Bertz CT molecular complexity index is 1210. The maximum Gasteiger partial charge on any atom is 0.271 e. The van der Waals surface area contributed by atoms with E-state index in [1.54, 1.807) is 35.2 Å². The Balaban J connectivity index is 1.27. The third kappa shape index (κ3) is 4.07. The summed E-state index contributed by atoms with van der Waals surface area (Å²) in [5, 5.41) is 6.87. The molecule has 1 amide bonds. The van der Waals surface area contributed by atoms with Crippen LogP contribution in [0, 0.1) is 5.82 Å². The fraction of sp³-hybridized carbons (Fsp3) is 0.227. The third-order valence-corrected chi connectivity index (χ3v) is 5.18. The molecule has 0 spiro atoms. The molecule has 1 N–H and O–H groups in total. The smallest absolute Gasteiger partial charge is 0.271 e. The Morgan fingerprint density at radius 1 is 1.19 bits per heavy atom. The molecular weight excluding hydrogens is 399 g/mol. The maximum atomic E-state index is 13.1. The first-order valence-electron chi connectivity index (χ1n) is 9.97. The van der Waals surface area contributed by atoms with E-state index in [9.17, 15) is 9.18 Å². The lowest BCUT2D eigenvalue weighted by atomic mass is 10.1. The van der Waals surface area contributed by atoms with Crippen LogP contribution in [0.25, 0.3) is 17.3 Å². The van der Waals surface area contributed by atoms with Gasteiger partial charge >= 0.3 is 0 Å². The molecular formula is C22H19FN6O2. The zero-order valence-corrected chi connectivity index (χ0v) is 16.7. The molecule has 4 aromatic rings. The second-order valence-electron chi connectivity index (χ2n) is 7.55. The first-order valence-corrected chi connectivity index (χ1v) is 9.97. The predicted octanol–water partition coefficient (Wildman–Crippen LogP) is 3.82. The van der Waals surface area contributed by atoms with Gasteiger partial charge in [-0.1, -0.05) is 17.3 Å². The summed E-state index contributed by atoms with van der Waals surface area (Å²) >= 11 is 0. The van der Waals surface area contributed by atoms with Crippen molar-refractivity contribution in [2.24, 2.45) is 0 Å². The van der Waals surface area contributed by atoms with Gasteiger partial charge in [-0.25, -0.2) is 14.4 Å². The normalized spacial score (nSPS) is 14.4. The number of rotatable bonds is 6. The first kappa shape index (κ1) is 19.1. The first-order chi connectivity index (χ1) is 15.1. The number of hydrogen-bond donors (Lipinski definition) is 1. The number of imidazole rings is 1. The van der Waals surface area contributed by atoms with Crippen LogP contribution in [0.5, 0.6) is 0 Å². The van der Waals surface area contributed by atoms with Crippen LogP contribution in [0.15, 0.2) is 59.6 Å². The van der Waals surface area contributed by atoms with Crippen LogP contribution >= 0.6 is 0 Å². The number of nitrogens with one attached hydrogen (secondary N) is 1. The van der Waals surface area contributed by atoms with Crippen molar-refractivity contribution in [1.82, 2.24) is 30.0 Å². The minimum atomic E-state index is -0.328. The molecule has 3 heterocycles. The summed E-state index contributed by atoms with van der Waals surface area (Å²) in [6.07, 6.45) is 6.99. The summed E-state index contributed by atoms with van der Waals surface area (Å²) in [6.45, 7) is 1.83. The van der Waals surface area contributed by atoms with Crippen molar-refractivity contribution in [3.05, 3.63) is 78.0 Å². The SMILES string of the molecule is C[C@H](NC(=O)c1cn(-c2ccc(-c3nc(C4CC4)no3)cn2)cn1)c1ccc(F)cc1. The molecule has 1 atom stereocenters. The van der Waals surface area contributed by atoms with E-state index in [0.717, 1.165) is 29.8 Å². The molecule has 0 saturated heterocycles. The zero-order chi connectivity index (χ0) is 21.4. The van der Waals surface area contributed by atoms with Gasteiger partial charge in [0.1, 0.15) is 23.7 Å². The van der Waals surface area contributed by atoms with Crippen molar-refractivity contribution in [3.63, 3.8) is 0 Å². The highest BCUT2D eigenvalue weighted by Gasteiger charge is 2.29. The zero-order valence-electron chi connectivity index (χ0n) is 16.7. The molecule has 0 bridgehead atoms. The van der Waals surface area contributed by atoms with E-state index in [4.69, 9.17) is 4.52 Å². The second kappa shape index (κ2) is 7.75. The lowest BCUT2D eigenvalue weighted by Crippen LogP contribution is -2.26. The van der Waals surface area contributed by atoms with Crippen molar-refractivity contribution < 1.29 is 13.7 Å². The molecule has 5 rings (SSSR count). The van der Waals surface area contributed by atoms with Crippen LogP contribution < -0.4 is 5.32 Å². The Kier molecular flexibility index (Phi) is 4.78. The van der Waals surface area contributed by atoms with Gasteiger partial charge in [-0.2, -0.15) is 4.98 Å². The van der Waals surface area contributed by atoms with Crippen molar-refractivity contribution in [1.29, 1.82) is 0 Å². The highest BCUT2D eigenvalue weighted by Crippen LogP contribution is 2.38. The molecule has 1 saturated carbocycles. The summed E-state index contributed by atoms with van der Waals surface area (Å²) in [5.41, 5.74) is 1.79. The number of carbonyl (C=O) groups is 1. The summed E-state index contributed by atoms with van der Waals surface area (Å²) < 4.78 is 20.1. The molecule has 3 aromatic heterocycles. The molecule has 0 radical (unpaired) electrons. The van der Waals surface area contributed by atoms with Gasteiger partial charge in [-0.05, 0) is 49.6 Å². The molecule has 0 unspecified atom stereocenters. The number of pyridine rings is 1. The predicted molar refractivity (Wildman–Crippen MR) is 109 cm³/mol. The molecule has 31 heavy (non-hydrogen) atoms. The molecule has 8 nitrogen and oxygen atoms in total. The number of nitrogens with zero attached hydrogens (tertiary/aromatic N) is 5. The Labute approximate surface area is 177 Å². The Morgan fingerprint density at radius 2 is 2.00 bits per heavy atom. The Hall–Kier alpha value is -3.88. The molecule has 156 valence electrons. The van der Waals surface area contributed by atoms with Crippen molar-refractivity contribution in [2.75, 3.05) is 0 Å². The van der Waals surface area contributed by atoms with Gasteiger partial charge in [0.05, 0.1) is 11.6 Å². The van der Waals surface area contributed by atoms with Crippen LogP contribution in [-0.4, -0.2) is 30.6 Å². The number of carbonyl (C=O) groups excluding carboxylic acids is 1. The van der Waals surface area contributed by atoms with Crippen molar-refractivity contribution >= 4 is 5.91 Å². The maximum absolute atomic E-state index is 13.1. The summed E-state index contributed by atoms with van der Waals surface area (Å²) in [7, 11) is 0. The average molecular weight is 418 g/mol. The highest BCUT2D eigenvalue weighted by molar-refractivity contribution is 5.92. The molecule has 1 aromatic carbocycles. The number of benzene rings is 1.